The molecule has 0 aliphatic heterocycles. The Labute approximate surface area is 130 Å². The highest BCUT2D eigenvalue weighted by Crippen LogP contribution is 2.17. The number of hydrogen-bond donors (Lipinski definition) is 2. The van der Waals surface area contributed by atoms with Gasteiger partial charge in [0.15, 0.2) is 0 Å². The second-order valence-electron chi connectivity index (χ2n) is 5.31. The second kappa shape index (κ2) is 8.00. The molecule has 1 aromatic carbocycles. The summed E-state index contributed by atoms with van der Waals surface area (Å²) in [7, 11) is 0. The molecule has 1 unspecified atom stereocenters. The highest BCUT2D eigenvalue weighted by molar-refractivity contribution is 6.30. The van der Waals surface area contributed by atoms with Crippen molar-refractivity contribution in [3.63, 3.8) is 0 Å². The smallest absolute Gasteiger partial charge is 0.234 e. The van der Waals surface area contributed by atoms with Gasteiger partial charge in [0, 0.05) is 11.1 Å². The number of amides is 2. The van der Waals surface area contributed by atoms with Crippen molar-refractivity contribution < 1.29 is 9.59 Å². The maximum absolute atomic E-state index is 12.1. The lowest BCUT2D eigenvalue weighted by Gasteiger charge is -2.25. The maximum Gasteiger partial charge on any atom is 0.234 e. The van der Waals surface area contributed by atoms with Crippen molar-refractivity contribution in [2.75, 3.05) is 13.1 Å². The molecule has 0 aliphatic carbocycles. The second-order valence-corrected chi connectivity index (χ2v) is 5.75. The van der Waals surface area contributed by atoms with Gasteiger partial charge >= 0.3 is 0 Å². The van der Waals surface area contributed by atoms with Crippen LogP contribution in [-0.4, -0.2) is 35.8 Å². The summed E-state index contributed by atoms with van der Waals surface area (Å²) in [6, 6.07) is 7.25. The molecule has 0 spiro atoms. The summed E-state index contributed by atoms with van der Waals surface area (Å²) in [5, 5.41) is 3.52. The van der Waals surface area contributed by atoms with E-state index in [4.69, 9.17) is 17.3 Å². The number of carbonyl (C=O) groups excluding carboxylic acids is 2. The zero-order chi connectivity index (χ0) is 16.0. The van der Waals surface area contributed by atoms with E-state index < -0.39 is 5.91 Å². The molecule has 0 aliphatic rings. The normalized spacial score (nSPS) is 12.5. The first kappa shape index (κ1) is 17.5. The molecule has 1 atom stereocenters. The molecule has 0 saturated carbocycles. The molecule has 2 amide bonds. The predicted octanol–water partition coefficient (Wildman–Crippen LogP) is 1.71. The average Bonchev–Trinajstić information content (AvgIpc) is 2.37. The summed E-state index contributed by atoms with van der Waals surface area (Å²) in [4.78, 5) is 24.8. The quantitative estimate of drug-likeness (QED) is 0.805. The van der Waals surface area contributed by atoms with Crippen molar-refractivity contribution in [2.45, 2.75) is 32.9 Å². The van der Waals surface area contributed by atoms with Crippen molar-refractivity contribution in [3.05, 3.63) is 34.9 Å². The number of carbonyl (C=O) groups is 2. The molecule has 6 heteroatoms. The third-order valence-corrected chi connectivity index (χ3v) is 3.40. The Morgan fingerprint density at radius 1 is 1.29 bits per heavy atom. The lowest BCUT2D eigenvalue weighted by molar-refractivity contribution is -0.125. The molecule has 116 valence electrons. The third-order valence-electron chi connectivity index (χ3n) is 3.16. The van der Waals surface area contributed by atoms with Crippen LogP contribution < -0.4 is 11.1 Å². The maximum atomic E-state index is 12.1. The largest absolute Gasteiger partial charge is 0.369 e. The molecular formula is C15H22ClN3O2. The van der Waals surface area contributed by atoms with Crippen molar-refractivity contribution in [1.82, 2.24) is 10.2 Å². The van der Waals surface area contributed by atoms with E-state index in [9.17, 15) is 9.59 Å². The lowest BCUT2D eigenvalue weighted by Crippen LogP contribution is -2.45. The molecule has 0 fully saturated rings. The molecule has 0 saturated heterocycles. The number of benzene rings is 1. The fraction of sp³-hybridized carbons (Fsp3) is 0.467. The number of nitrogens with two attached hydrogens (primary N) is 1. The minimum atomic E-state index is -0.445. The molecule has 3 N–H and O–H groups in total. The molecule has 1 aromatic rings. The summed E-state index contributed by atoms with van der Waals surface area (Å²) in [6.07, 6.45) is 0. The Morgan fingerprint density at radius 3 is 2.48 bits per heavy atom. The first-order chi connectivity index (χ1) is 9.79. The van der Waals surface area contributed by atoms with E-state index in [0.717, 1.165) is 5.56 Å². The van der Waals surface area contributed by atoms with Gasteiger partial charge in [0.1, 0.15) is 0 Å². The average molecular weight is 312 g/mol. The van der Waals surface area contributed by atoms with E-state index in [1.807, 2.05) is 39.0 Å². The summed E-state index contributed by atoms with van der Waals surface area (Å²) in [5.41, 5.74) is 6.12. The van der Waals surface area contributed by atoms with E-state index in [-0.39, 0.29) is 31.1 Å². The number of primary amides is 1. The summed E-state index contributed by atoms with van der Waals surface area (Å²) >= 11 is 5.94. The monoisotopic (exact) mass is 311 g/mol. The van der Waals surface area contributed by atoms with Crippen LogP contribution in [0.4, 0.5) is 0 Å². The predicted molar refractivity (Wildman–Crippen MR) is 83.9 cm³/mol. The zero-order valence-electron chi connectivity index (χ0n) is 12.6. The number of halogens is 1. The molecule has 0 aromatic heterocycles. The van der Waals surface area contributed by atoms with Crippen LogP contribution in [0.1, 0.15) is 32.4 Å². The van der Waals surface area contributed by atoms with E-state index in [1.54, 1.807) is 11.0 Å². The Bertz CT molecular complexity index is 505. The van der Waals surface area contributed by atoms with Gasteiger partial charge in [-0.3, -0.25) is 14.5 Å². The highest BCUT2D eigenvalue weighted by atomic mass is 35.5. The topological polar surface area (TPSA) is 75.4 Å². The molecule has 21 heavy (non-hydrogen) atoms. The zero-order valence-corrected chi connectivity index (χ0v) is 13.4. The molecule has 5 nitrogen and oxygen atoms in total. The Balaban J connectivity index is 2.61. The van der Waals surface area contributed by atoms with Gasteiger partial charge in [0.05, 0.1) is 19.1 Å². The van der Waals surface area contributed by atoms with Crippen molar-refractivity contribution in [1.29, 1.82) is 0 Å². The number of nitrogens with zero attached hydrogens (tertiary/aromatic N) is 1. The Morgan fingerprint density at radius 2 is 1.95 bits per heavy atom. The number of hydrogen-bond acceptors (Lipinski definition) is 3. The molecule has 1 rings (SSSR count). The first-order valence-electron chi connectivity index (χ1n) is 6.86. The van der Waals surface area contributed by atoms with Crippen LogP contribution in [-0.2, 0) is 9.59 Å². The fourth-order valence-electron chi connectivity index (χ4n) is 1.95. The van der Waals surface area contributed by atoms with Crippen LogP contribution in [0.25, 0.3) is 0 Å². The SMILES string of the molecule is CC(NC(=O)CN(CC(N)=O)C(C)C)c1cccc(Cl)c1. The molecule has 0 bridgehead atoms. The fourth-order valence-corrected chi connectivity index (χ4v) is 2.15. The molecule has 0 heterocycles. The minimum absolute atomic E-state index is 0.0599. The summed E-state index contributed by atoms with van der Waals surface area (Å²) in [6.45, 7) is 5.91. The van der Waals surface area contributed by atoms with Crippen LogP contribution in [0.5, 0.6) is 0 Å². The minimum Gasteiger partial charge on any atom is -0.369 e. The highest BCUT2D eigenvalue weighted by Gasteiger charge is 2.17. The summed E-state index contributed by atoms with van der Waals surface area (Å²) in [5.74, 6) is -0.600. The van der Waals surface area contributed by atoms with Gasteiger partial charge in [0.25, 0.3) is 0 Å². The molecule has 0 radical (unpaired) electrons. The van der Waals surface area contributed by atoms with Gasteiger partial charge in [0.2, 0.25) is 11.8 Å². The van der Waals surface area contributed by atoms with Gasteiger partial charge < -0.3 is 11.1 Å². The number of nitrogens with one attached hydrogen (secondary N) is 1. The van der Waals surface area contributed by atoms with Gasteiger partial charge in [-0.25, -0.2) is 0 Å². The van der Waals surface area contributed by atoms with E-state index in [1.165, 1.54) is 0 Å². The van der Waals surface area contributed by atoms with Crippen LogP contribution in [0.3, 0.4) is 0 Å². The molecular weight excluding hydrogens is 290 g/mol. The standard InChI is InChI=1S/C15H22ClN3O2/c1-10(2)19(8-14(17)20)9-15(21)18-11(3)12-5-4-6-13(16)7-12/h4-7,10-11H,8-9H2,1-3H3,(H2,17,20)(H,18,21). The summed E-state index contributed by atoms with van der Waals surface area (Å²) < 4.78 is 0. The van der Waals surface area contributed by atoms with E-state index in [0.29, 0.717) is 5.02 Å². The van der Waals surface area contributed by atoms with Crippen LogP contribution in [0.15, 0.2) is 24.3 Å². The lowest BCUT2D eigenvalue weighted by atomic mass is 10.1. The van der Waals surface area contributed by atoms with E-state index >= 15 is 0 Å². The van der Waals surface area contributed by atoms with E-state index in [2.05, 4.69) is 5.32 Å². The first-order valence-corrected chi connectivity index (χ1v) is 7.24. The van der Waals surface area contributed by atoms with Crippen molar-refractivity contribution in [2.24, 2.45) is 5.73 Å². The van der Waals surface area contributed by atoms with Gasteiger partial charge in [-0.05, 0) is 38.5 Å². The van der Waals surface area contributed by atoms with Crippen LogP contribution in [0, 0.1) is 0 Å². The van der Waals surface area contributed by atoms with Gasteiger partial charge in [-0.2, -0.15) is 0 Å². The van der Waals surface area contributed by atoms with Crippen LogP contribution >= 0.6 is 11.6 Å². The Kier molecular flexibility index (Phi) is 6.65. The van der Waals surface area contributed by atoms with Gasteiger partial charge in [-0.15, -0.1) is 0 Å². The van der Waals surface area contributed by atoms with Crippen LogP contribution in [0.2, 0.25) is 5.02 Å². The third kappa shape index (κ3) is 6.14. The van der Waals surface area contributed by atoms with Crippen molar-refractivity contribution >= 4 is 23.4 Å². The van der Waals surface area contributed by atoms with Gasteiger partial charge in [-0.1, -0.05) is 23.7 Å². The number of rotatable bonds is 7. The van der Waals surface area contributed by atoms with Crippen molar-refractivity contribution in [3.8, 4) is 0 Å². The Hall–Kier alpha value is -1.59.